The topological polar surface area (TPSA) is 67.1 Å². The fourth-order valence-electron chi connectivity index (χ4n) is 1.71. The average Bonchev–Trinajstić information content (AvgIpc) is 2.98. The molecule has 0 aliphatic heterocycles. The van der Waals surface area contributed by atoms with Crippen molar-refractivity contribution in [3.63, 3.8) is 0 Å². The Balaban J connectivity index is 0.00000242. The summed E-state index contributed by atoms with van der Waals surface area (Å²) in [5.74, 6) is 0.926. The molecule has 4 nitrogen and oxygen atoms in total. The predicted molar refractivity (Wildman–Crippen MR) is 112 cm³/mol. The highest BCUT2D eigenvalue weighted by Gasteiger charge is 2.00. The van der Waals surface area contributed by atoms with Crippen molar-refractivity contribution in [1.82, 2.24) is 9.97 Å². The third kappa shape index (κ3) is 8.44. The van der Waals surface area contributed by atoms with E-state index in [0.29, 0.717) is 21.8 Å². The number of hydrogen-bond donors (Lipinski definition) is 2. The summed E-state index contributed by atoms with van der Waals surface area (Å²) in [5, 5.41) is 1.67. The Labute approximate surface area is 171 Å². The average molecular weight is 505 g/mol. The van der Waals surface area contributed by atoms with Crippen LogP contribution in [0.5, 0.6) is 0 Å². The lowest BCUT2D eigenvalue weighted by molar-refractivity contribution is 0.903. The number of thioether (sulfide) groups is 1. The number of rotatable bonds is 6. The van der Waals surface area contributed by atoms with Crippen molar-refractivity contribution in [2.75, 3.05) is 5.75 Å². The molecule has 0 spiro atoms. The number of nitrogens with one attached hydrogen (secondary N) is 1. The molecule has 1 heterocycles. The molecule has 0 radical (unpaired) electrons. The van der Waals surface area contributed by atoms with Crippen LogP contribution in [-0.4, -0.2) is 20.9 Å². The van der Waals surface area contributed by atoms with E-state index in [-0.39, 0.29) is 34.0 Å². The molecule has 3 N–H and O–H groups in total. The van der Waals surface area contributed by atoms with Crippen molar-refractivity contribution < 1.29 is 0 Å². The number of aliphatic imine (C=N–C) groups is 1. The highest BCUT2D eigenvalue weighted by molar-refractivity contribution is 8.93. The van der Waals surface area contributed by atoms with Gasteiger partial charge in [0.1, 0.15) is 0 Å². The summed E-state index contributed by atoms with van der Waals surface area (Å²) < 4.78 is 0. The second kappa shape index (κ2) is 12.2. The normalized spacial score (nSPS) is 10.8. The lowest BCUT2D eigenvalue weighted by atomic mass is 10.2. The van der Waals surface area contributed by atoms with E-state index in [1.165, 1.54) is 0 Å². The fourth-order valence-corrected chi connectivity index (χ4v) is 2.69. The maximum Gasteiger partial charge on any atom is 0.154 e. The molecule has 2 aromatic rings. The van der Waals surface area contributed by atoms with Gasteiger partial charge in [-0.25, -0.2) is 4.98 Å². The van der Waals surface area contributed by atoms with Gasteiger partial charge in [0.25, 0.3) is 0 Å². The Hall–Kier alpha value is -0.210. The Kier molecular flexibility index (Phi) is 12.1. The molecule has 0 amide bonds. The molecule has 128 valence electrons. The second-order valence-electron chi connectivity index (χ2n) is 4.43. The third-order valence-corrected chi connectivity index (χ3v) is 4.45. The van der Waals surface area contributed by atoms with Crippen LogP contribution in [0, 0.1) is 0 Å². The Morgan fingerprint density at radius 2 is 2.04 bits per heavy atom. The van der Waals surface area contributed by atoms with Crippen LogP contribution in [0.25, 0.3) is 0 Å². The fraction of sp³-hybridized carbons (Fsp3) is 0.286. The van der Waals surface area contributed by atoms with Crippen LogP contribution >= 0.6 is 68.9 Å². The molecule has 2 rings (SSSR count). The van der Waals surface area contributed by atoms with Crippen LogP contribution in [0.2, 0.25) is 10.0 Å². The number of H-pyrrole nitrogens is 1. The summed E-state index contributed by atoms with van der Waals surface area (Å²) in [7, 11) is 0. The van der Waals surface area contributed by atoms with E-state index in [1.54, 1.807) is 24.2 Å². The van der Waals surface area contributed by atoms with Crippen LogP contribution in [0.4, 0.5) is 0 Å². The molecule has 9 heteroatoms. The Morgan fingerprint density at radius 1 is 1.26 bits per heavy atom. The number of hydrogen-bond acceptors (Lipinski definition) is 3. The van der Waals surface area contributed by atoms with E-state index in [2.05, 4.69) is 15.0 Å². The van der Waals surface area contributed by atoms with Crippen molar-refractivity contribution in [2.24, 2.45) is 10.7 Å². The molecule has 0 atom stereocenters. The van der Waals surface area contributed by atoms with Crippen molar-refractivity contribution >= 4 is 74.1 Å². The van der Waals surface area contributed by atoms with Crippen LogP contribution in [0.1, 0.15) is 17.7 Å². The van der Waals surface area contributed by atoms with Crippen LogP contribution in [0.15, 0.2) is 35.7 Å². The van der Waals surface area contributed by atoms with Gasteiger partial charge in [-0.05, 0) is 30.5 Å². The number of benzene rings is 1. The first kappa shape index (κ1) is 22.8. The standard InChI is InChI=1S/C14H16Cl2N4S.2BrH/c15-12-4-3-10(6-13(12)16)7-19-14(17)21-5-1-2-11-8-18-9-20-11;;/h3-4,6,8-9H,1-2,5,7H2,(H2,17,19)(H,18,20);2*1H. The molecule has 1 aromatic heterocycles. The first-order valence-electron chi connectivity index (χ1n) is 6.49. The molecule has 0 aliphatic carbocycles. The minimum Gasteiger partial charge on any atom is -0.379 e. The summed E-state index contributed by atoms with van der Waals surface area (Å²) >= 11 is 13.4. The maximum atomic E-state index is 5.96. The monoisotopic (exact) mass is 502 g/mol. The minimum absolute atomic E-state index is 0. The third-order valence-electron chi connectivity index (χ3n) is 2.80. The SMILES string of the molecule is Br.Br.NC(=NCc1ccc(Cl)c(Cl)c1)SCCCc1cnc[nH]1. The number of amidine groups is 1. The van der Waals surface area contributed by atoms with Crippen molar-refractivity contribution in [3.8, 4) is 0 Å². The van der Waals surface area contributed by atoms with Gasteiger partial charge in [0.05, 0.1) is 22.9 Å². The molecule has 23 heavy (non-hydrogen) atoms. The number of aromatic amines is 1. The van der Waals surface area contributed by atoms with Crippen LogP contribution < -0.4 is 5.73 Å². The second-order valence-corrected chi connectivity index (χ2v) is 6.36. The zero-order valence-corrected chi connectivity index (χ0v) is 17.9. The maximum absolute atomic E-state index is 5.96. The Morgan fingerprint density at radius 3 is 2.70 bits per heavy atom. The predicted octanol–water partition coefficient (Wildman–Crippen LogP) is 5.05. The summed E-state index contributed by atoms with van der Waals surface area (Å²) in [6, 6.07) is 5.47. The molecule has 0 bridgehead atoms. The zero-order valence-electron chi connectivity index (χ0n) is 12.2. The van der Waals surface area contributed by atoms with Crippen LogP contribution in [0.3, 0.4) is 0 Å². The van der Waals surface area contributed by atoms with Crippen molar-refractivity contribution in [1.29, 1.82) is 0 Å². The highest BCUT2D eigenvalue weighted by atomic mass is 79.9. The van der Waals surface area contributed by atoms with E-state index in [4.69, 9.17) is 28.9 Å². The first-order valence-corrected chi connectivity index (χ1v) is 8.23. The molecule has 0 aliphatic rings. The van der Waals surface area contributed by atoms with Gasteiger partial charge >= 0.3 is 0 Å². The smallest absolute Gasteiger partial charge is 0.154 e. The molecule has 0 saturated heterocycles. The number of nitrogens with two attached hydrogens (primary N) is 1. The number of aromatic nitrogens is 2. The minimum atomic E-state index is 0. The number of imidazole rings is 1. The summed E-state index contributed by atoms with van der Waals surface area (Å²) in [4.78, 5) is 11.4. The van der Waals surface area contributed by atoms with Gasteiger partial charge in [0, 0.05) is 17.6 Å². The van der Waals surface area contributed by atoms with Gasteiger partial charge in [-0.2, -0.15) is 0 Å². The van der Waals surface area contributed by atoms with Gasteiger partial charge in [-0.15, -0.1) is 34.0 Å². The molecule has 0 fully saturated rings. The molecule has 1 aromatic carbocycles. The van der Waals surface area contributed by atoms with Crippen molar-refractivity contribution in [2.45, 2.75) is 19.4 Å². The molecular formula is C14H18Br2Cl2N4S. The van der Waals surface area contributed by atoms with Gasteiger partial charge in [-0.1, -0.05) is 41.0 Å². The van der Waals surface area contributed by atoms with Gasteiger partial charge < -0.3 is 10.7 Å². The quantitative estimate of drug-likeness (QED) is 0.328. The van der Waals surface area contributed by atoms with E-state index in [1.807, 2.05) is 18.3 Å². The lowest BCUT2D eigenvalue weighted by Crippen LogP contribution is -2.08. The van der Waals surface area contributed by atoms with Gasteiger partial charge in [0.15, 0.2) is 5.17 Å². The van der Waals surface area contributed by atoms with Crippen molar-refractivity contribution in [3.05, 3.63) is 52.0 Å². The zero-order chi connectivity index (χ0) is 15.1. The van der Waals surface area contributed by atoms with E-state index in [0.717, 1.165) is 29.9 Å². The summed E-state index contributed by atoms with van der Waals surface area (Å²) in [6.07, 6.45) is 5.52. The van der Waals surface area contributed by atoms with E-state index in [9.17, 15) is 0 Å². The number of nitrogens with zero attached hydrogens (tertiary/aromatic N) is 2. The summed E-state index contributed by atoms with van der Waals surface area (Å²) in [5.41, 5.74) is 8.01. The largest absolute Gasteiger partial charge is 0.379 e. The number of halogens is 4. The number of aryl methyl sites for hydroxylation is 1. The van der Waals surface area contributed by atoms with E-state index >= 15 is 0 Å². The molecule has 0 saturated carbocycles. The Bertz CT molecular complexity index is 609. The van der Waals surface area contributed by atoms with Gasteiger partial charge in [-0.3, -0.25) is 4.99 Å². The van der Waals surface area contributed by atoms with Gasteiger partial charge in [0.2, 0.25) is 0 Å². The molecule has 0 unspecified atom stereocenters. The summed E-state index contributed by atoms with van der Waals surface area (Å²) in [6.45, 7) is 0.510. The first-order chi connectivity index (χ1) is 10.1. The highest BCUT2D eigenvalue weighted by Crippen LogP contribution is 2.23. The van der Waals surface area contributed by atoms with Crippen LogP contribution in [-0.2, 0) is 13.0 Å². The van der Waals surface area contributed by atoms with E-state index < -0.39 is 0 Å². The lowest BCUT2D eigenvalue weighted by Gasteiger charge is -2.02. The molecular weight excluding hydrogens is 487 g/mol.